The second kappa shape index (κ2) is 5.84. The Bertz CT molecular complexity index is 817. The summed E-state index contributed by atoms with van der Waals surface area (Å²) in [5, 5.41) is 1.67. The van der Waals surface area contributed by atoms with Crippen LogP contribution in [0.4, 0.5) is 0 Å². The Morgan fingerprint density at radius 3 is 2.33 bits per heavy atom. The summed E-state index contributed by atoms with van der Waals surface area (Å²) in [5.41, 5.74) is 2.77. The quantitative estimate of drug-likeness (QED) is 0.448. The van der Waals surface area contributed by atoms with Crippen LogP contribution < -0.4 is 0 Å². The van der Waals surface area contributed by atoms with Gasteiger partial charge in [0.1, 0.15) is 5.15 Å². The lowest BCUT2D eigenvalue weighted by atomic mass is 10.1. The van der Waals surface area contributed by atoms with Crippen molar-refractivity contribution in [3.63, 3.8) is 0 Å². The van der Waals surface area contributed by atoms with Crippen LogP contribution in [0.5, 0.6) is 0 Å². The first-order chi connectivity index (χ1) is 10.1. The average molecular weight is 335 g/mol. The number of rotatable bonds is 2. The zero-order chi connectivity index (χ0) is 15.0. The number of nitrogens with zero attached hydrogens (tertiary/aromatic N) is 2. The van der Waals surface area contributed by atoms with Crippen molar-refractivity contribution in [3.8, 4) is 11.4 Å². The summed E-state index contributed by atoms with van der Waals surface area (Å²) in [7, 11) is 0. The number of aryl methyl sites for hydroxylation is 1. The van der Waals surface area contributed by atoms with E-state index in [4.69, 9.17) is 23.2 Å². The molecule has 2 aromatic carbocycles. The molecule has 0 N–H and O–H groups in total. The first-order valence-electron chi connectivity index (χ1n) is 6.37. The minimum Gasteiger partial charge on any atom is -0.228 e. The van der Waals surface area contributed by atoms with Gasteiger partial charge in [-0.25, -0.2) is 9.97 Å². The highest BCUT2D eigenvalue weighted by atomic mass is 35.5. The molecule has 1 aromatic heterocycles. The largest absolute Gasteiger partial charge is 0.228 e. The molecule has 1 heterocycles. The molecule has 0 aliphatic carbocycles. The molecule has 0 unspecified atom stereocenters. The fourth-order valence-electron chi connectivity index (χ4n) is 2.16. The summed E-state index contributed by atoms with van der Waals surface area (Å²) in [5.74, 6) is 0.616. The molecule has 0 fully saturated rings. The number of aromatic nitrogens is 2. The predicted octanol–water partition coefficient (Wildman–Crippen LogP) is 5.63. The molecule has 0 atom stereocenters. The molecule has 3 aromatic rings. The number of hydrogen-bond donors (Lipinski definition) is 0. The van der Waals surface area contributed by atoms with Crippen LogP contribution in [0.2, 0.25) is 10.2 Å². The lowest BCUT2D eigenvalue weighted by Crippen LogP contribution is -1.94. The van der Waals surface area contributed by atoms with Gasteiger partial charge in [-0.1, -0.05) is 41.4 Å². The van der Waals surface area contributed by atoms with E-state index in [1.165, 1.54) is 4.90 Å². The Morgan fingerprint density at radius 1 is 0.952 bits per heavy atom. The fraction of sp³-hybridized carbons (Fsp3) is 0.125. The van der Waals surface area contributed by atoms with Crippen LogP contribution >= 0.6 is 35.0 Å². The van der Waals surface area contributed by atoms with E-state index in [-0.39, 0.29) is 0 Å². The Balaban J connectivity index is 2.22. The molecule has 0 spiro atoms. The number of thioether (sulfide) groups is 1. The summed E-state index contributed by atoms with van der Waals surface area (Å²) in [6.45, 7) is 1.99. The Kier molecular flexibility index (Phi) is 4.07. The van der Waals surface area contributed by atoms with Gasteiger partial charge in [0, 0.05) is 10.5 Å². The third kappa shape index (κ3) is 2.73. The molecular weight excluding hydrogens is 323 g/mol. The van der Waals surface area contributed by atoms with E-state index in [0.29, 0.717) is 21.4 Å². The molecule has 2 nitrogen and oxygen atoms in total. The molecule has 5 heteroatoms. The van der Waals surface area contributed by atoms with Crippen molar-refractivity contribution < 1.29 is 0 Å². The summed E-state index contributed by atoms with van der Waals surface area (Å²) in [6, 6.07) is 11.9. The van der Waals surface area contributed by atoms with Gasteiger partial charge in [-0.15, -0.1) is 11.8 Å². The zero-order valence-electron chi connectivity index (χ0n) is 11.5. The van der Waals surface area contributed by atoms with Crippen molar-refractivity contribution >= 4 is 45.9 Å². The maximum atomic E-state index is 6.31. The van der Waals surface area contributed by atoms with Gasteiger partial charge in [-0.2, -0.15) is 0 Å². The van der Waals surface area contributed by atoms with Crippen LogP contribution in [0.1, 0.15) is 5.56 Å². The third-order valence-electron chi connectivity index (χ3n) is 3.31. The molecular formula is C16H12Cl2N2S. The Labute approximate surface area is 137 Å². The van der Waals surface area contributed by atoms with E-state index in [2.05, 4.69) is 9.97 Å². The first-order valence-corrected chi connectivity index (χ1v) is 8.35. The highest BCUT2D eigenvalue weighted by molar-refractivity contribution is 7.98. The molecule has 0 saturated heterocycles. The molecule has 0 aliphatic heterocycles. The summed E-state index contributed by atoms with van der Waals surface area (Å²) < 4.78 is 0. The van der Waals surface area contributed by atoms with E-state index in [1.807, 2.05) is 49.6 Å². The maximum Gasteiger partial charge on any atom is 0.161 e. The van der Waals surface area contributed by atoms with Crippen molar-refractivity contribution in [2.75, 3.05) is 6.26 Å². The highest BCUT2D eigenvalue weighted by Crippen LogP contribution is 2.32. The van der Waals surface area contributed by atoms with Crippen molar-refractivity contribution in [2.24, 2.45) is 0 Å². The van der Waals surface area contributed by atoms with Gasteiger partial charge in [0.25, 0.3) is 0 Å². The first kappa shape index (κ1) is 14.6. The normalized spacial score (nSPS) is 11.0. The summed E-state index contributed by atoms with van der Waals surface area (Å²) in [6.07, 6.45) is 2.05. The Hall–Kier alpha value is -1.29. The molecule has 0 aliphatic rings. The minimum atomic E-state index is 0.387. The van der Waals surface area contributed by atoms with E-state index in [1.54, 1.807) is 11.8 Å². The number of fused-ring (bicyclic) bond motifs is 1. The van der Waals surface area contributed by atoms with Crippen molar-refractivity contribution in [3.05, 3.63) is 52.1 Å². The van der Waals surface area contributed by atoms with E-state index < -0.39 is 0 Å². The summed E-state index contributed by atoms with van der Waals surface area (Å²) >= 11 is 14.2. The monoisotopic (exact) mass is 334 g/mol. The van der Waals surface area contributed by atoms with Gasteiger partial charge < -0.3 is 0 Å². The molecule has 106 valence electrons. The second-order valence-corrected chi connectivity index (χ2v) is 6.30. The topological polar surface area (TPSA) is 25.8 Å². The van der Waals surface area contributed by atoms with Gasteiger partial charge in [-0.05, 0) is 36.9 Å². The SMILES string of the molecule is CSc1ccc(-c2nc(Cl)c3c(Cl)ccc(C)c3n2)cc1. The maximum absolute atomic E-state index is 6.31. The van der Waals surface area contributed by atoms with Gasteiger partial charge in [0.05, 0.1) is 15.9 Å². The van der Waals surface area contributed by atoms with Crippen molar-refractivity contribution in [1.29, 1.82) is 0 Å². The predicted molar refractivity (Wildman–Crippen MR) is 91.5 cm³/mol. The van der Waals surface area contributed by atoms with Gasteiger partial charge in [0.15, 0.2) is 5.82 Å². The van der Waals surface area contributed by atoms with Crippen molar-refractivity contribution in [1.82, 2.24) is 9.97 Å². The molecule has 0 bridgehead atoms. The van der Waals surface area contributed by atoms with Crippen LogP contribution in [0.3, 0.4) is 0 Å². The second-order valence-electron chi connectivity index (χ2n) is 4.65. The van der Waals surface area contributed by atoms with Crippen LogP contribution in [0, 0.1) is 6.92 Å². The fourth-order valence-corrected chi connectivity index (χ4v) is 3.13. The van der Waals surface area contributed by atoms with Crippen LogP contribution in [-0.2, 0) is 0 Å². The lowest BCUT2D eigenvalue weighted by molar-refractivity contribution is 1.21. The number of benzene rings is 2. The third-order valence-corrected chi connectivity index (χ3v) is 4.64. The van der Waals surface area contributed by atoms with Crippen LogP contribution in [0.15, 0.2) is 41.3 Å². The van der Waals surface area contributed by atoms with Crippen LogP contribution in [0.25, 0.3) is 22.3 Å². The minimum absolute atomic E-state index is 0.387. The van der Waals surface area contributed by atoms with Gasteiger partial charge in [-0.3, -0.25) is 0 Å². The standard InChI is InChI=1S/C16H12Cl2N2S/c1-9-3-8-12(17)13-14(9)19-16(20-15(13)18)10-4-6-11(21-2)7-5-10/h3-8H,1-2H3. The average Bonchev–Trinajstić information content (AvgIpc) is 2.50. The van der Waals surface area contributed by atoms with Gasteiger partial charge >= 0.3 is 0 Å². The molecule has 21 heavy (non-hydrogen) atoms. The van der Waals surface area contributed by atoms with E-state index in [9.17, 15) is 0 Å². The molecule has 0 saturated carbocycles. The van der Waals surface area contributed by atoms with E-state index in [0.717, 1.165) is 16.6 Å². The van der Waals surface area contributed by atoms with Crippen molar-refractivity contribution in [2.45, 2.75) is 11.8 Å². The molecule has 3 rings (SSSR count). The highest BCUT2D eigenvalue weighted by Gasteiger charge is 2.12. The molecule has 0 radical (unpaired) electrons. The summed E-state index contributed by atoms with van der Waals surface area (Å²) in [4.78, 5) is 10.2. The lowest BCUT2D eigenvalue weighted by Gasteiger charge is -2.08. The number of hydrogen-bond acceptors (Lipinski definition) is 3. The number of halogens is 2. The molecule has 0 amide bonds. The van der Waals surface area contributed by atoms with E-state index >= 15 is 0 Å². The van der Waals surface area contributed by atoms with Crippen LogP contribution in [-0.4, -0.2) is 16.2 Å². The Morgan fingerprint density at radius 2 is 1.67 bits per heavy atom. The van der Waals surface area contributed by atoms with Gasteiger partial charge in [0.2, 0.25) is 0 Å². The smallest absolute Gasteiger partial charge is 0.161 e. The zero-order valence-corrected chi connectivity index (χ0v) is 13.9.